The molecule has 8 heteroatoms. The number of carbonyl (C=O) groups is 1. The summed E-state index contributed by atoms with van der Waals surface area (Å²) in [7, 11) is 1.47. The zero-order chi connectivity index (χ0) is 24.9. The second-order valence-electron chi connectivity index (χ2n) is 9.12. The van der Waals surface area contributed by atoms with Gasteiger partial charge >= 0.3 is 5.97 Å². The summed E-state index contributed by atoms with van der Waals surface area (Å²) in [6, 6.07) is 7.83. The normalized spacial score (nSPS) is 18.2. The Bertz CT molecular complexity index is 1170. The molecule has 7 nitrogen and oxygen atoms in total. The molecular weight excluding hydrogens is 449 g/mol. The van der Waals surface area contributed by atoms with Crippen LogP contribution in [0.4, 0.5) is 4.39 Å². The monoisotopic (exact) mass is 479 g/mol. The highest BCUT2D eigenvalue weighted by atomic mass is 19.1. The summed E-state index contributed by atoms with van der Waals surface area (Å²) in [4.78, 5) is 23.0. The van der Waals surface area contributed by atoms with Gasteiger partial charge in [-0.2, -0.15) is 0 Å². The van der Waals surface area contributed by atoms with E-state index < -0.39 is 11.8 Å². The van der Waals surface area contributed by atoms with Gasteiger partial charge in [-0.1, -0.05) is 26.0 Å². The van der Waals surface area contributed by atoms with E-state index in [1.54, 1.807) is 0 Å². The first-order valence-electron chi connectivity index (χ1n) is 11.8. The van der Waals surface area contributed by atoms with E-state index in [4.69, 9.17) is 9.47 Å². The molecule has 1 aliphatic heterocycles. The number of ether oxygens (including phenoxy) is 2. The highest BCUT2D eigenvalue weighted by Crippen LogP contribution is 2.48. The Kier molecular flexibility index (Phi) is 7.58. The van der Waals surface area contributed by atoms with Crippen LogP contribution in [-0.4, -0.2) is 39.7 Å². The van der Waals surface area contributed by atoms with Crippen LogP contribution in [0.15, 0.2) is 49.1 Å². The standard InChI is InChI=1S/C17H22O3.C10H8FN3O/c1-10-7-8-20-15-9-13(5-6-14(10)15)16(12-3-4-12)11(2)17(18)19;1-15-10-4-7(8(11)5-14-10)9-6-12-2-3-13-9/h5-6,9-12,16H,3-4,7-8H2,1-2H3,(H,18,19);2-6H,1H3. The Hall–Kier alpha value is -3.55. The molecule has 0 saturated heterocycles. The molecule has 184 valence electrons. The third-order valence-corrected chi connectivity index (χ3v) is 6.70. The molecule has 2 aromatic heterocycles. The minimum absolute atomic E-state index is 0.124. The second-order valence-corrected chi connectivity index (χ2v) is 9.12. The minimum atomic E-state index is -0.700. The number of benzene rings is 1. The van der Waals surface area contributed by atoms with Crippen LogP contribution in [-0.2, 0) is 4.79 Å². The van der Waals surface area contributed by atoms with Crippen molar-refractivity contribution in [1.29, 1.82) is 0 Å². The van der Waals surface area contributed by atoms with Crippen molar-refractivity contribution in [2.75, 3.05) is 13.7 Å². The molecule has 5 rings (SSSR count). The highest BCUT2D eigenvalue weighted by molar-refractivity contribution is 5.71. The van der Waals surface area contributed by atoms with Crippen LogP contribution in [0.25, 0.3) is 11.3 Å². The van der Waals surface area contributed by atoms with Gasteiger partial charge < -0.3 is 14.6 Å². The van der Waals surface area contributed by atoms with Crippen LogP contribution >= 0.6 is 0 Å². The predicted molar refractivity (Wildman–Crippen MR) is 129 cm³/mol. The molecule has 3 heterocycles. The molecule has 0 spiro atoms. The molecule has 0 bridgehead atoms. The van der Waals surface area contributed by atoms with Gasteiger partial charge in [0.2, 0.25) is 5.88 Å². The predicted octanol–water partition coefficient (Wildman–Crippen LogP) is 5.47. The Labute approximate surface area is 204 Å². The quantitative estimate of drug-likeness (QED) is 0.501. The number of nitrogens with zero attached hydrogens (tertiary/aromatic N) is 3. The lowest BCUT2D eigenvalue weighted by Crippen LogP contribution is -2.21. The van der Waals surface area contributed by atoms with E-state index in [2.05, 4.69) is 40.1 Å². The van der Waals surface area contributed by atoms with Crippen molar-refractivity contribution in [3.63, 3.8) is 0 Å². The van der Waals surface area contributed by atoms with E-state index in [1.165, 1.54) is 37.3 Å². The van der Waals surface area contributed by atoms with Gasteiger partial charge in [0.15, 0.2) is 5.82 Å². The number of hydrogen-bond acceptors (Lipinski definition) is 6. The maximum atomic E-state index is 13.4. The first kappa shape index (κ1) is 24.6. The number of methoxy groups -OCH3 is 1. The topological polar surface area (TPSA) is 94.4 Å². The van der Waals surface area contributed by atoms with Crippen molar-refractivity contribution in [2.45, 2.75) is 44.9 Å². The van der Waals surface area contributed by atoms with Gasteiger partial charge in [0.1, 0.15) is 5.75 Å². The molecule has 1 fully saturated rings. The van der Waals surface area contributed by atoms with Crippen LogP contribution in [0.1, 0.15) is 56.1 Å². The number of aliphatic carboxylic acids is 1. The number of pyridine rings is 1. The molecule has 0 radical (unpaired) electrons. The Morgan fingerprint density at radius 2 is 1.97 bits per heavy atom. The van der Waals surface area contributed by atoms with E-state index in [0.29, 0.717) is 29.0 Å². The first-order chi connectivity index (χ1) is 16.9. The SMILES string of the molecule is CC1CCOc2cc(C(C3CC3)C(C)C(=O)O)ccc21.COc1cc(-c2cnccn2)c(F)cn1. The van der Waals surface area contributed by atoms with Crippen molar-refractivity contribution in [2.24, 2.45) is 11.8 Å². The molecule has 35 heavy (non-hydrogen) atoms. The lowest BCUT2D eigenvalue weighted by atomic mass is 9.82. The van der Waals surface area contributed by atoms with Crippen LogP contribution in [0, 0.1) is 17.7 Å². The van der Waals surface area contributed by atoms with E-state index in [-0.39, 0.29) is 11.8 Å². The molecule has 1 saturated carbocycles. The first-order valence-corrected chi connectivity index (χ1v) is 11.8. The Morgan fingerprint density at radius 1 is 1.17 bits per heavy atom. The lowest BCUT2D eigenvalue weighted by Gasteiger charge is -2.26. The summed E-state index contributed by atoms with van der Waals surface area (Å²) in [5, 5.41) is 9.34. The largest absolute Gasteiger partial charge is 0.493 e. The van der Waals surface area contributed by atoms with Crippen molar-refractivity contribution < 1.29 is 23.8 Å². The van der Waals surface area contributed by atoms with Gasteiger partial charge in [-0.05, 0) is 54.2 Å². The number of aromatic nitrogens is 3. The number of rotatable bonds is 6. The number of carboxylic acids is 1. The summed E-state index contributed by atoms with van der Waals surface area (Å²) >= 11 is 0. The summed E-state index contributed by atoms with van der Waals surface area (Å²) in [6.07, 6.45) is 8.97. The highest BCUT2D eigenvalue weighted by Gasteiger charge is 2.39. The molecule has 3 aromatic rings. The van der Waals surface area contributed by atoms with Gasteiger partial charge in [-0.15, -0.1) is 0 Å². The van der Waals surface area contributed by atoms with Gasteiger partial charge in [-0.25, -0.2) is 9.37 Å². The van der Waals surface area contributed by atoms with Crippen LogP contribution in [0.2, 0.25) is 0 Å². The van der Waals surface area contributed by atoms with E-state index in [1.807, 2.05) is 6.92 Å². The molecule has 1 aromatic carbocycles. The molecule has 0 amide bonds. The second kappa shape index (κ2) is 10.8. The average Bonchev–Trinajstić information content (AvgIpc) is 3.71. The zero-order valence-corrected chi connectivity index (χ0v) is 20.1. The van der Waals surface area contributed by atoms with Crippen molar-refractivity contribution >= 4 is 5.97 Å². The zero-order valence-electron chi connectivity index (χ0n) is 20.1. The van der Waals surface area contributed by atoms with E-state index >= 15 is 0 Å². The fourth-order valence-electron chi connectivity index (χ4n) is 4.54. The summed E-state index contributed by atoms with van der Waals surface area (Å²) < 4.78 is 24.1. The van der Waals surface area contributed by atoms with Crippen LogP contribution in [0.3, 0.4) is 0 Å². The summed E-state index contributed by atoms with van der Waals surface area (Å²) in [5.41, 5.74) is 3.18. The van der Waals surface area contributed by atoms with Crippen molar-refractivity contribution in [1.82, 2.24) is 15.0 Å². The third-order valence-electron chi connectivity index (χ3n) is 6.70. The number of hydrogen-bond donors (Lipinski definition) is 1. The number of carboxylic acid groups (broad SMARTS) is 1. The number of halogens is 1. The Morgan fingerprint density at radius 3 is 2.63 bits per heavy atom. The maximum absolute atomic E-state index is 13.4. The fraction of sp³-hybridized carbons (Fsp3) is 0.407. The molecule has 1 N–H and O–H groups in total. The minimum Gasteiger partial charge on any atom is -0.493 e. The van der Waals surface area contributed by atoms with Crippen LogP contribution < -0.4 is 9.47 Å². The van der Waals surface area contributed by atoms with Gasteiger partial charge in [0.05, 0.1) is 37.7 Å². The van der Waals surface area contributed by atoms with Gasteiger partial charge in [0, 0.05) is 24.0 Å². The average molecular weight is 480 g/mol. The number of fused-ring (bicyclic) bond motifs is 1. The van der Waals surface area contributed by atoms with Gasteiger partial charge in [-0.3, -0.25) is 14.8 Å². The van der Waals surface area contributed by atoms with E-state index in [9.17, 15) is 14.3 Å². The lowest BCUT2D eigenvalue weighted by molar-refractivity contribution is -0.142. The smallest absolute Gasteiger partial charge is 0.306 e. The third kappa shape index (κ3) is 5.75. The molecule has 1 aliphatic carbocycles. The summed E-state index contributed by atoms with van der Waals surface area (Å²) in [5.74, 6) is 1.01. The fourth-order valence-corrected chi connectivity index (χ4v) is 4.54. The van der Waals surface area contributed by atoms with Crippen LogP contribution in [0.5, 0.6) is 11.6 Å². The van der Waals surface area contributed by atoms with Crippen molar-refractivity contribution in [3.05, 3.63) is 66.0 Å². The Balaban J connectivity index is 0.000000172. The van der Waals surface area contributed by atoms with Crippen molar-refractivity contribution in [3.8, 4) is 22.9 Å². The molecule has 3 atom stereocenters. The molecular formula is C27H30FN3O4. The maximum Gasteiger partial charge on any atom is 0.306 e. The van der Waals surface area contributed by atoms with E-state index in [0.717, 1.165) is 43.4 Å². The summed E-state index contributed by atoms with van der Waals surface area (Å²) in [6.45, 7) is 4.81. The van der Waals surface area contributed by atoms with Gasteiger partial charge in [0.25, 0.3) is 0 Å². The molecule has 3 unspecified atom stereocenters. The molecule has 2 aliphatic rings.